The summed E-state index contributed by atoms with van der Waals surface area (Å²) in [7, 11) is 0. The van der Waals surface area contributed by atoms with Crippen molar-refractivity contribution in [2.24, 2.45) is 5.92 Å². The molecule has 0 spiro atoms. The van der Waals surface area contributed by atoms with Crippen LogP contribution >= 0.6 is 11.5 Å². The second-order valence-electron chi connectivity index (χ2n) is 3.76. The van der Waals surface area contributed by atoms with Crippen LogP contribution < -0.4 is 5.32 Å². The Morgan fingerprint density at radius 2 is 2.40 bits per heavy atom. The van der Waals surface area contributed by atoms with Gasteiger partial charge in [-0.15, -0.1) is 5.10 Å². The largest absolute Gasteiger partial charge is 0.394 e. The molecule has 1 rings (SSSR count). The van der Waals surface area contributed by atoms with Crippen LogP contribution in [0.2, 0.25) is 0 Å². The molecule has 0 fully saturated rings. The minimum atomic E-state index is -0.218. The van der Waals surface area contributed by atoms with Gasteiger partial charge in [-0.2, -0.15) is 0 Å². The van der Waals surface area contributed by atoms with Crippen LogP contribution in [0.15, 0.2) is 6.20 Å². The van der Waals surface area contributed by atoms with E-state index >= 15 is 0 Å². The summed E-state index contributed by atoms with van der Waals surface area (Å²) < 4.78 is 3.61. The summed E-state index contributed by atoms with van der Waals surface area (Å²) >= 11 is 1.05. The lowest BCUT2D eigenvalue weighted by molar-refractivity contribution is 0.0912. The number of nitrogens with one attached hydrogen (secondary N) is 1. The molecule has 15 heavy (non-hydrogen) atoms. The Balaban J connectivity index is 2.48. The number of amides is 1. The van der Waals surface area contributed by atoms with E-state index in [-0.39, 0.29) is 18.6 Å². The molecule has 84 valence electrons. The van der Waals surface area contributed by atoms with Gasteiger partial charge in [-0.3, -0.25) is 4.79 Å². The molecule has 1 aromatic rings. The minimum Gasteiger partial charge on any atom is -0.394 e. The van der Waals surface area contributed by atoms with E-state index in [0.29, 0.717) is 10.8 Å². The number of aromatic nitrogens is 2. The molecule has 1 atom stereocenters. The average molecular weight is 229 g/mol. The highest BCUT2D eigenvalue weighted by molar-refractivity contribution is 7.07. The van der Waals surface area contributed by atoms with E-state index in [0.717, 1.165) is 18.0 Å². The van der Waals surface area contributed by atoms with Crippen molar-refractivity contribution in [2.75, 3.05) is 6.61 Å². The van der Waals surface area contributed by atoms with Gasteiger partial charge in [-0.05, 0) is 23.9 Å². The normalized spacial score (nSPS) is 12.8. The van der Waals surface area contributed by atoms with E-state index in [1.54, 1.807) is 0 Å². The smallest absolute Gasteiger partial charge is 0.264 e. The third kappa shape index (κ3) is 3.93. The van der Waals surface area contributed by atoms with Crippen LogP contribution in [0.5, 0.6) is 0 Å². The second-order valence-corrected chi connectivity index (χ2v) is 4.55. The van der Waals surface area contributed by atoms with Gasteiger partial charge in [0.1, 0.15) is 4.88 Å². The Bertz CT molecular complexity index is 300. The van der Waals surface area contributed by atoms with Crippen molar-refractivity contribution in [3.8, 4) is 0 Å². The molecule has 1 heterocycles. The Kier molecular flexibility index (Phi) is 4.64. The average Bonchev–Trinajstić information content (AvgIpc) is 2.68. The molecule has 0 aliphatic rings. The molecule has 0 aromatic carbocycles. The highest BCUT2D eigenvalue weighted by Crippen LogP contribution is 2.07. The number of hydrogen-bond acceptors (Lipinski definition) is 5. The SMILES string of the molecule is CC(C)CC(CO)NC(=O)c1cnns1. The third-order valence-corrected chi connectivity index (χ3v) is 2.56. The molecule has 1 unspecified atom stereocenters. The number of hydrogen-bond donors (Lipinski definition) is 2. The molecule has 1 amide bonds. The Hall–Kier alpha value is -1.01. The molecule has 0 saturated heterocycles. The van der Waals surface area contributed by atoms with Gasteiger partial charge in [0.2, 0.25) is 0 Å². The van der Waals surface area contributed by atoms with Gasteiger partial charge in [-0.25, -0.2) is 0 Å². The highest BCUT2D eigenvalue weighted by atomic mass is 32.1. The van der Waals surface area contributed by atoms with Gasteiger partial charge in [0.05, 0.1) is 18.8 Å². The van der Waals surface area contributed by atoms with Gasteiger partial charge in [0, 0.05) is 0 Å². The number of carbonyl (C=O) groups excluding carboxylic acids is 1. The Morgan fingerprint density at radius 1 is 1.67 bits per heavy atom. The molecule has 0 bridgehead atoms. The molecular weight excluding hydrogens is 214 g/mol. The fraction of sp³-hybridized carbons (Fsp3) is 0.667. The van der Waals surface area contributed by atoms with Crippen LogP contribution in [0.1, 0.15) is 29.9 Å². The maximum absolute atomic E-state index is 11.6. The second kappa shape index (κ2) is 5.77. The standard InChI is InChI=1S/C9H15N3O2S/c1-6(2)3-7(5-13)11-9(14)8-4-10-12-15-8/h4,6-7,13H,3,5H2,1-2H3,(H,11,14). The molecule has 2 N–H and O–H groups in total. The number of aliphatic hydroxyl groups excluding tert-OH is 1. The number of rotatable bonds is 5. The van der Waals surface area contributed by atoms with E-state index in [1.807, 2.05) is 13.8 Å². The van der Waals surface area contributed by atoms with Gasteiger partial charge < -0.3 is 10.4 Å². The molecule has 5 nitrogen and oxygen atoms in total. The lowest BCUT2D eigenvalue weighted by Crippen LogP contribution is -2.38. The van der Waals surface area contributed by atoms with Gasteiger partial charge in [0.25, 0.3) is 5.91 Å². The molecule has 0 saturated carbocycles. The highest BCUT2D eigenvalue weighted by Gasteiger charge is 2.15. The minimum absolute atomic E-state index is 0.0455. The lowest BCUT2D eigenvalue weighted by Gasteiger charge is -2.17. The van der Waals surface area contributed by atoms with Crippen molar-refractivity contribution in [3.05, 3.63) is 11.1 Å². The zero-order chi connectivity index (χ0) is 11.3. The number of aliphatic hydroxyl groups is 1. The fourth-order valence-electron chi connectivity index (χ4n) is 1.27. The zero-order valence-electron chi connectivity index (χ0n) is 8.80. The summed E-state index contributed by atoms with van der Waals surface area (Å²) in [5.74, 6) is 0.215. The monoisotopic (exact) mass is 229 g/mol. The summed E-state index contributed by atoms with van der Waals surface area (Å²) in [4.78, 5) is 12.0. The quantitative estimate of drug-likeness (QED) is 0.778. The van der Waals surface area contributed by atoms with Gasteiger partial charge in [-0.1, -0.05) is 18.3 Å². The summed E-state index contributed by atoms with van der Waals surface area (Å²) in [6.07, 6.45) is 2.18. The molecule has 0 aliphatic heterocycles. The van der Waals surface area contributed by atoms with Crippen LogP contribution in [0, 0.1) is 5.92 Å². The first kappa shape index (κ1) is 12.1. The lowest BCUT2D eigenvalue weighted by atomic mass is 10.0. The maximum Gasteiger partial charge on any atom is 0.264 e. The van der Waals surface area contributed by atoms with Crippen molar-refractivity contribution >= 4 is 17.4 Å². The first-order chi connectivity index (χ1) is 7.13. The van der Waals surface area contributed by atoms with Crippen LogP contribution in [0.4, 0.5) is 0 Å². The van der Waals surface area contributed by atoms with Crippen molar-refractivity contribution in [1.82, 2.24) is 14.9 Å². The van der Waals surface area contributed by atoms with Gasteiger partial charge >= 0.3 is 0 Å². The van der Waals surface area contributed by atoms with Crippen LogP contribution in [-0.2, 0) is 0 Å². The predicted molar refractivity (Wildman–Crippen MR) is 57.7 cm³/mol. The third-order valence-electron chi connectivity index (χ3n) is 1.90. The van der Waals surface area contributed by atoms with E-state index < -0.39 is 0 Å². The van der Waals surface area contributed by atoms with E-state index in [4.69, 9.17) is 5.11 Å². The Labute approximate surface area is 92.7 Å². The predicted octanol–water partition coefficient (Wildman–Crippen LogP) is 0.675. The molecule has 6 heteroatoms. The van der Waals surface area contributed by atoms with E-state index in [2.05, 4.69) is 14.9 Å². The first-order valence-corrected chi connectivity index (χ1v) is 5.60. The molecular formula is C9H15N3O2S. The Morgan fingerprint density at radius 3 is 2.87 bits per heavy atom. The topological polar surface area (TPSA) is 75.1 Å². The van der Waals surface area contributed by atoms with Crippen molar-refractivity contribution in [1.29, 1.82) is 0 Å². The van der Waals surface area contributed by atoms with Crippen LogP contribution in [0.25, 0.3) is 0 Å². The van der Waals surface area contributed by atoms with Gasteiger partial charge in [0.15, 0.2) is 0 Å². The van der Waals surface area contributed by atoms with Crippen molar-refractivity contribution in [3.63, 3.8) is 0 Å². The summed E-state index contributed by atoms with van der Waals surface area (Å²) in [5, 5.41) is 15.4. The van der Waals surface area contributed by atoms with Crippen molar-refractivity contribution in [2.45, 2.75) is 26.3 Å². The van der Waals surface area contributed by atoms with Crippen molar-refractivity contribution < 1.29 is 9.90 Å². The molecule has 0 radical (unpaired) electrons. The first-order valence-electron chi connectivity index (χ1n) is 4.82. The van der Waals surface area contributed by atoms with Crippen LogP contribution in [-0.4, -0.2) is 33.2 Å². The number of nitrogens with zero attached hydrogens (tertiary/aromatic N) is 2. The zero-order valence-corrected chi connectivity index (χ0v) is 9.62. The van der Waals surface area contributed by atoms with E-state index in [1.165, 1.54) is 6.20 Å². The molecule has 0 aliphatic carbocycles. The maximum atomic E-state index is 11.6. The van der Waals surface area contributed by atoms with E-state index in [9.17, 15) is 4.79 Å². The van der Waals surface area contributed by atoms with Crippen LogP contribution in [0.3, 0.4) is 0 Å². The fourth-order valence-corrected chi connectivity index (χ4v) is 1.69. The summed E-state index contributed by atoms with van der Waals surface area (Å²) in [5.41, 5.74) is 0. The summed E-state index contributed by atoms with van der Waals surface area (Å²) in [6, 6.07) is -0.195. The number of carbonyl (C=O) groups is 1. The summed E-state index contributed by atoms with van der Waals surface area (Å²) in [6.45, 7) is 4.04. The molecule has 1 aromatic heterocycles.